The Balaban J connectivity index is 2.08. The summed E-state index contributed by atoms with van der Waals surface area (Å²) in [6.07, 6.45) is 0. The summed E-state index contributed by atoms with van der Waals surface area (Å²) in [4.78, 5) is 25.5. The molecule has 0 aromatic heterocycles. The zero-order valence-corrected chi connectivity index (χ0v) is 14.3. The van der Waals surface area contributed by atoms with E-state index >= 15 is 0 Å². The van der Waals surface area contributed by atoms with Crippen molar-refractivity contribution in [2.24, 2.45) is 0 Å². The number of hydrogen-bond acceptors (Lipinski definition) is 2. The maximum Gasteiger partial charge on any atom is 0.253 e. The lowest BCUT2D eigenvalue weighted by Gasteiger charge is -2.18. The molecule has 0 atom stereocenters. The molecule has 0 bridgehead atoms. The van der Waals surface area contributed by atoms with Gasteiger partial charge >= 0.3 is 0 Å². The van der Waals surface area contributed by atoms with Gasteiger partial charge in [0.2, 0.25) is 0 Å². The smallest absolute Gasteiger partial charge is 0.253 e. The molecular formula is C17H16Cl2N2O2. The van der Waals surface area contributed by atoms with Crippen LogP contribution in [0.3, 0.4) is 0 Å². The van der Waals surface area contributed by atoms with E-state index in [1.165, 1.54) is 0 Å². The van der Waals surface area contributed by atoms with Crippen LogP contribution in [-0.4, -0.2) is 30.8 Å². The number of carbonyl (C=O) groups excluding carboxylic acids is 2. The van der Waals surface area contributed by atoms with E-state index in [1.807, 2.05) is 12.1 Å². The van der Waals surface area contributed by atoms with Gasteiger partial charge in [-0.3, -0.25) is 9.59 Å². The standard InChI is InChI=1S/C17H16Cl2N2O2/c1-20-16(22)12-5-3-11(4-6-12)10-21(2)17(23)13-7-8-14(18)15(19)9-13/h3-9H,10H2,1-2H3,(H,20,22). The second-order valence-electron chi connectivity index (χ2n) is 5.07. The predicted molar refractivity (Wildman–Crippen MR) is 92.1 cm³/mol. The average molecular weight is 351 g/mol. The van der Waals surface area contributed by atoms with Crippen molar-refractivity contribution in [3.05, 3.63) is 69.2 Å². The van der Waals surface area contributed by atoms with Gasteiger partial charge in [0, 0.05) is 31.8 Å². The molecule has 6 heteroatoms. The summed E-state index contributed by atoms with van der Waals surface area (Å²) in [5.74, 6) is -0.296. The molecule has 0 saturated heterocycles. The van der Waals surface area contributed by atoms with Crippen molar-refractivity contribution < 1.29 is 9.59 Å². The molecule has 0 spiro atoms. The Kier molecular flexibility index (Phi) is 5.64. The van der Waals surface area contributed by atoms with Crippen molar-refractivity contribution in [2.75, 3.05) is 14.1 Å². The molecular weight excluding hydrogens is 335 g/mol. The van der Waals surface area contributed by atoms with Gasteiger partial charge in [0.15, 0.2) is 0 Å². The summed E-state index contributed by atoms with van der Waals surface area (Å²) in [5.41, 5.74) is 1.98. The van der Waals surface area contributed by atoms with Crippen LogP contribution in [0.2, 0.25) is 10.0 Å². The molecule has 2 aromatic rings. The van der Waals surface area contributed by atoms with E-state index in [1.54, 1.807) is 49.3 Å². The van der Waals surface area contributed by atoms with E-state index in [0.29, 0.717) is 27.7 Å². The van der Waals surface area contributed by atoms with E-state index in [9.17, 15) is 9.59 Å². The van der Waals surface area contributed by atoms with Gasteiger partial charge < -0.3 is 10.2 Å². The minimum absolute atomic E-state index is 0.142. The van der Waals surface area contributed by atoms with Crippen LogP contribution in [0, 0.1) is 0 Å². The van der Waals surface area contributed by atoms with E-state index in [-0.39, 0.29) is 11.8 Å². The summed E-state index contributed by atoms with van der Waals surface area (Å²) in [7, 11) is 3.29. The average Bonchev–Trinajstić information content (AvgIpc) is 2.56. The number of benzene rings is 2. The zero-order valence-electron chi connectivity index (χ0n) is 12.8. The maximum atomic E-state index is 12.4. The molecule has 0 saturated carbocycles. The number of amides is 2. The Labute approximate surface area is 145 Å². The highest BCUT2D eigenvalue weighted by atomic mass is 35.5. The van der Waals surface area contributed by atoms with Crippen molar-refractivity contribution in [1.29, 1.82) is 0 Å². The SMILES string of the molecule is CNC(=O)c1ccc(CN(C)C(=O)c2ccc(Cl)c(Cl)c2)cc1. The first-order valence-corrected chi connectivity index (χ1v) is 7.69. The highest BCUT2D eigenvalue weighted by Crippen LogP contribution is 2.23. The lowest BCUT2D eigenvalue weighted by Crippen LogP contribution is -2.26. The van der Waals surface area contributed by atoms with Crippen LogP contribution in [0.1, 0.15) is 26.3 Å². The topological polar surface area (TPSA) is 49.4 Å². The third-order valence-corrected chi connectivity index (χ3v) is 4.12. The Hall–Kier alpha value is -2.04. The van der Waals surface area contributed by atoms with Gasteiger partial charge in [-0.2, -0.15) is 0 Å². The zero-order chi connectivity index (χ0) is 17.0. The summed E-state index contributed by atoms with van der Waals surface area (Å²) in [6, 6.07) is 11.9. The lowest BCUT2D eigenvalue weighted by molar-refractivity contribution is 0.0784. The molecule has 23 heavy (non-hydrogen) atoms. The van der Waals surface area contributed by atoms with E-state index in [2.05, 4.69) is 5.32 Å². The molecule has 0 heterocycles. The number of hydrogen-bond donors (Lipinski definition) is 1. The normalized spacial score (nSPS) is 10.3. The van der Waals surface area contributed by atoms with E-state index in [4.69, 9.17) is 23.2 Å². The summed E-state index contributed by atoms with van der Waals surface area (Å²) in [6.45, 7) is 0.424. The fourth-order valence-electron chi connectivity index (χ4n) is 2.10. The van der Waals surface area contributed by atoms with Gasteiger partial charge in [0.25, 0.3) is 11.8 Å². The van der Waals surface area contributed by atoms with Crippen molar-refractivity contribution in [1.82, 2.24) is 10.2 Å². The third kappa shape index (κ3) is 4.24. The second-order valence-corrected chi connectivity index (χ2v) is 5.88. The Morgan fingerprint density at radius 2 is 1.61 bits per heavy atom. The van der Waals surface area contributed by atoms with E-state index < -0.39 is 0 Å². The minimum Gasteiger partial charge on any atom is -0.355 e. The van der Waals surface area contributed by atoms with Crippen LogP contribution < -0.4 is 5.32 Å². The quantitative estimate of drug-likeness (QED) is 0.915. The molecule has 0 unspecified atom stereocenters. The van der Waals surface area contributed by atoms with Gasteiger partial charge in [-0.1, -0.05) is 35.3 Å². The van der Waals surface area contributed by atoms with Gasteiger partial charge in [-0.25, -0.2) is 0 Å². The molecule has 2 aromatic carbocycles. The van der Waals surface area contributed by atoms with Crippen LogP contribution in [0.4, 0.5) is 0 Å². The monoisotopic (exact) mass is 350 g/mol. The van der Waals surface area contributed by atoms with Crippen molar-refractivity contribution >= 4 is 35.0 Å². The molecule has 0 aliphatic carbocycles. The molecule has 1 N–H and O–H groups in total. The van der Waals surface area contributed by atoms with Crippen molar-refractivity contribution in [3.63, 3.8) is 0 Å². The molecule has 0 aliphatic rings. The second kappa shape index (κ2) is 7.49. The molecule has 0 aliphatic heterocycles. The molecule has 0 fully saturated rings. The highest BCUT2D eigenvalue weighted by Gasteiger charge is 2.13. The Morgan fingerprint density at radius 3 is 2.17 bits per heavy atom. The number of nitrogens with one attached hydrogen (secondary N) is 1. The number of rotatable bonds is 4. The molecule has 4 nitrogen and oxygen atoms in total. The summed E-state index contributed by atoms with van der Waals surface area (Å²) >= 11 is 11.8. The lowest BCUT2D eigenvalue weighted by atomic mass is 10.1. The van der Waals surface area contributed by atoms with Crippen molar-refractivity contribution in [2.45, 2.75) is 6.54 Å². The predicted octanol–water partition coefficient (Wildman–Crippen LogP) is 3.63. The molecule has 120 valence electrons. The molecule has 0 radical (unpaired) electrons. The number of halogens is 2. The maximum absolute atomic E-state index is 12.4. The van der Waals surface area contributed by atoms with Crippen LogP contribution >= 0.6 is 23.2 Å². The van der Waals surface area contributed by atoms with Gasteiger partial charge in [-0.05, 0) is 35.9 Å². The largest absolute Gasteiger partial charge is 0.355 e. The number of carbonyl (C=O) groups is 2. The minimum atomic E-state index is -0.154. The third-order valence-electron chi connectivity index (χ3n) is 3.38. The molecule has 2 amide bonds. The summed E-state index contributed by atoms with van der Waals surface area (Å²) < 4.78 is 0. The van der Waals surface area contributed by atoms with Crippen LogP contribution in [0.25, 0.3) is 0 Å². The Bertz CT molecular complexity index is 730. The van der Waals surface area contributed by atoms with Gasteiger partial charge in [0.05, 0.1) is 10.0 Å². The highest BCUT2D eigenvalue weighted by molar-refractivity contribution is 6.42. The fraction of sp³-hybridized carbons (Fsp3) is 0.176. The first-order chi connectivity index (χ1) is 10.9. The first-order valence-electron chi connectivity index (χ1n) is 6.94. The number of nitrogens with zero attached hydrogens (tertiary/aromatic N) is 1. The Morgan fingerprint density at radius 1 is 1.00 bits per heavy atom. The summed E-state index contributed by atoms with van der Waals surface area (Å²) in [5, 5.41) is 3.32. The first kappa shape index (κ1) is 17.3. The van der Waals surface area contributed by atoms with Crippen LogP contribution in [-0.2, 0) is 6.54 Å². The van der Waals surface area contributed by atoms with Gasteiger partial charge in [-0.15, -0.1) is 0 Å². The van der Waals surface area contributed by atoms with Crippen molar-refractivity contribution in [3.8, 4) is 0 Å². The fourth-order valence-corrected chi connectivity index (χ4v) is 2.40. The molecule has 2 rings (SSSR count). The van der Waals surface area contributed by atoms with Crippen LogP contribution in [0.5, 0.6) is 0 Å². The van der Waals surface area contributed by atoms with Crippen LogP contribution in [0.15, 0.2) is 42.5 Å². The van der Waals surface area contributed by atoms with E-state index in [0.717, 1.165) is 5.56 Å². The van der Waals surface area contributed by atoms with Gasteiger partial charge in [0.1, 0.15) is 0 Å².